The number of carbonyl (C=O) groups is 1. The predicted octanol–water partition coefficient (Wildman–Crippen LogP) is 0.801. The summed E-state index contributed by atoms with van der Waals surface area (Å²) in [5.74, 6) is 0.110. The van der Waals surface area contributed by atoms with Crippen molar-refractivity contribution in [3.05, 3.63) is 16.6 Å². The zero-order valence-corrected chi connectivity index (χ0v) is 9.77. The molecule has 1 rings (SSSR count). The van der Waals surface area contributed by atoms with Crippen LogP contribution in [0, 0.1) is 0 Å². The summed E-state index contributed by atoms with van der Waals surface area (Å²) in [5, 5.41) is 7.89. The zero-order valence-electron chi connectivity index (χ0n) is 8.95. The summed E-state index contributed by atoms with van der Waals surface area (Å²) in [4.78, 5) is 15.5. The van der Waals surface area contributed by atoms with Gasteiger partial charge in [0.1, 0.15) is 0 Å². The fraction of sp³-hybridized carbons (Fsp3) is 0.600. The first-order valence-corrected chi connectivity index (χ1v) is 6.05. The average molecular weight is 227 g/mol. The SMILES string of the molecule is CNCCCNC(=O)CCc1cscn1. The topological polar surface area (TPSA) is 54.0 Å². The van der Waals surface area contributed by atoms with Crippen molar-refractivity contribution in [3.8, 4) is 0 Å². The molecule has 0 aromatic carbocycles. The molecule has 0 saturated carbocycles. The number of amides is 1. The Morgan fingerprint density at radius 1 is 1.53 bits per heavy atom. The van der Waals surface area contributed by atoms with Crippen LogP contribution in [0.25, 0.3) is 0 Å². The molecule has 0 saturated heterocycles. The summed E-state index contributed by atoms with van der Waals surface area (Å²) in [6.45, 7) is 1.68. The maximum atomic E-state index is 11.3. The van der Waals surface area contributed by atoms with Crippen LogP contribution in [0.3, 0.4) is 0 Å². The summed E-state index contributed by atoms with van der Waals surface area (Å²) < 4.78 is 0. The largest absolute Gasteiger partial charge is 0.356 e. The highest BCUT2D eigenvalue weighted by atomic mass is 32.1. The van der Waals surface area contributed by atoms with Crippen LogP contribution in [0.4, 0.5) is 0 Å². The highest BCUT2D eigenvalue weighted by molar-refractivity contribution is 7.07. The summed E-state index contributed by atoms with van der Waals surface area (Å²) in [7, 11) is 1.91. The standard InChI is InChI=1S/C10H17N3OS/c1-11-5-2-6-12-10(14)4-3-9-7-15-8-13-9/h7-8,11H,2-6H2,1H3,(H,12,14). The van der Waals surface area contributed by atoms with E-state index in [0.29, 0.717) is 6.42 Å². The molecule has 1 heterocycles. The highest BCUT2D eigenvalue weighted by Gasteiger charge is 2.02. The van der Waals surface area contributed by atoms with Crippen molar-refractivity contribution in [3.63, 3.8) is 0 Å². The number of hydrogen-bond donors (Lipinski definition) is 2. The third-order valence-electron chi connectivity index (χ3n) is 2.02. The summed E-state index contributed by atoms with van der Waals surface area (Å²) in [5.41, 5.74) is 2.80. The Balaban J connectivity index is 2.04. The number of nitrogens with zero attached hydrogens (tertiary/aromatic N) is 1. The van der Waals surface area contributed by atoms with E-state index in [1.165, 1.54) is 0 Å². The molecule has 0 bridgehead atoms. The summed E-state index contributed by atoms with van der Waals surface area (Å²) >= 11 is 1.56. The van der Waals surface area contributed by atoms with Gasteiger partial charge in [0.25, 0.3) is 0 Å². The second-order valence-electron chi connectivity index (χ2n) is 3.29. The van der Waals surface area contributed by atoms with Gasteiger partial charge in [-0.3, -0.25) is 4.79 Å². The fourth-order valence-corrected chi connectivity index (χ4v) is 1.78. The monoisotopic (exact) mass is 227 g/mol. The van der Waals surface area contributed by atoms with Crippen molar-refractivity contribution in [2.45, 2.75) is 19.3 Å². The normalized spacial score (nSPS) is 10.2. The van der Waals surface area contributed by atoms with Gasteiger partial charge in [-0.15, -0.1) is 11.3 Å². The Labute approximate surface area is 94.1 Å². The van der Waals surface area contributed by atoms with Crippen LogP contribution in [0.5, 0.6) is 0 Å². The molecule has 0 atom stereocenters. The van der Waals surface area contributed by atoms with Gasteiger partial charge in [0.2, 0.25) is 5.91 Å². The first-order valence-electron chi connectivity index (χ1n) is 5.11. The van der Waals surface area contributed by atoms with Gasteiger partial charge in [-0.05, 0) is 26.4 Å². The number of hydrogen-bond acceptors (Lipinski definition) is 4. The molecule has 84 valence electrons. The van der Waals surface area contributed by atoms with E-state index in [9.17, 15) is 4.79 Å². The molecule has 0 spiro atoms. The maximum absolute atomic E-state index is 11.3. The quantitative estimate of drug-likeness (QED) is 0.678. The van der Waals surface area contributed by atoms with Crippen molar-refractivity contribution in [2.75, 3.05) is 20.1 Å². The number of rotatable bonds is 7. The molecule has 0 unspecified atom stereocenters. The molecular formula is C10H17N3OS. The molecular weight excluding hydrogens is 210 g/mol. The number of carbonyl (C=O) groups excluding carboxylic acids is 1. The Kier molecular flexibility index (Phi) is 5.96. The first-order chi connectivity index (χ1) is 7.33. The smallest absolute Gasteiger partial charge is 0.220 e. The van der Waals surface area contributed by atoms with E-state index in [1.54, 1.807) is 16.8 Å². The third kappa shape index (κ3) is 5.49. The van der Waals surface area contributed by atoms with E-state index >= 15 is 0 Å². The molecule has 5 heteroatoms. The Morgan fingerprint density at radius 2 is 2.40 bits per heavy atom. The van der Waals surface area contributed by atoms with Crippen LogP contribution < -0.4 is 10.6 Å². The molecule has 0 aliphatic rings. The van der Waals surface area contributed by atoms with E-state index in [-0.39, 0.29) is 5.91 Å². The number of aryl methyl sites for hydroxylation is 1. The van der Waals surface area contributed by atoms with E-state index < -0.39 is 0 Å². The van der Waals surface area contributed by atoms with E-state index in [1.807, 2.05) is 12.4 Å². The van der Waals surface area contributed by atoms with Gasteiger partial charge in [-0.1, -0.05) is 0 Å². The van der Waals surface area contributed by atoms with Crippen molar-refractivity contribution in [2.24, 2.45) is 0 Å². The number of nitrogens with one attached hydrogen (secondary N) is 2. The second-order valence-corrected chi connectivity index (χ2v) is 4.01. The molecule has 0 aliphatic heterocycles. The average Bonchev–Trinajstić information content (AvgIpc) is 2.74. The van der Waals surface area contributed by atoms with Crippen LogP contribution in [0.2, 0.25) is 0 Å². The molecule has 0 aliphatic carbocycles. The zero-order chi connectivity index (χ0) is 10.9. The van der Waals surface area contributed by atoms with Crippen LogP contribution in [-0.2, 0) is 11.2 Å². The Hall–Kier alpha value is -0.940. The lowest BCUT2D eigenvalue weighted by Gasteiger charge is -2.03. The molecule has 15 heavy (non-hydrogen) atoms. The predicted molar refractivity (Wildman–Crippen MR) is 62.0 cm³/mol. The third-order valence-corrected chi connectivity index (χ3v) is 2.65. The van der Waals surface area contributed by atoms with Crippen LogP contribution in [0.1, 0.15) is 18.5 Å². The Bertz CT molecular complexity index is 274. The van der Waals surface area contributed by atoms with Crippen molar-refractivity contribution in [1.82, 2.24) is 15.6 Å². The van der Waals surface area contributed by atoms with Gasteiger partial charge < -0.3 is 10.6 Å². The minimum absolute atomic E-state index is 0.110. The summed E-state index contributed by atoms with van der Waals surface area (Å²) in [6.07, 6.45) is 2.24. The maximum Gasteiger partial charge on any atom is 0.220 e. The van der Waals surface area contributed by atoms with E-state index in [0.717, 1.165) is 31.6 Å². The lowest BCUT2D eigenvalue weighted by atomic mass is 10.2. The van der Waals surface area contributed by atoms with Crippen LogP contribution >= 0.6 is 11.3 Å². The van der Waals surface area contributed by atoms with Crippen molar-refractivity contribution < 1.29 is 4.79 Å². The number of aromatic nitrogens is 1. The van der Waals surface area contributed by atoms with Crippen LogP contribution in [-0.4, -0.2) is 31.0 Å². The van der Waals surface area contributed by atoms with Gasteiger partial charge >= 0.3 is 0 Å². The molecule has 2 N–H and O–H groups in total. The lowest BCUT2D eigenvalue weighted by molar-refractivity contribution is -0.121. The van der Waals surface area contributed by atoms with Gasteiger partial charge in [0.15, 0.2) is 0 Å². The van der Waals surface area contributed by atoms with E-state index in [2.05, 4.69) is 15.6 Å². The lowest BCUT2D eigenvalue weighted by Crippen LogP contribution is -2.26. The van der Waals surface area contributed by atoms with Crippen molar-refractivity contribution >= 4 is 17.2 Å². The molecule has 4 nitrogen and oxygen atoms in total. The molecule has 1 amide bonds. The minimum atomic E-state index is 0.110. The van der Waals surface area contributed by atoms with Crippen LogP contribution in [0.15, 0.2) is 10.9 Å². The first kappa shape index (κ1) is 12.1. The minimum Gasteiger partial charge on any atom is -0.356 e. The van der Waals surface area contributed by atoms with Gasteiger partial charge in [-0.25, -0.2) is 4.98 Å². The molecule has 1 aromatic rings. The fourth-order valence-electron chi connectivity index (χ4n) is 1.18. The van der Waals surface area contributed by atoms with Gasteiger partial charge in [0, 0.05) is 18.3 Å². The van der Waals surface area contributed by atoms with Gasteiger partial charge in [0.05, 0.1) is 11.2 Å². The highest BCUT2D eigenvalue weighted by Crippen LogP contribution is 2.03. The van der Waals surface area contributed by atoms with E-state index in [4.69, 9.17) is 0 Å². The summed E-state index contributed by atoms with van der Waals surface area (Å²) in [6, 6.07) is 0. The molecule has 0 fully saturated rings. The second kappa shape index (κ2) is 7.36. The molecule has 1 aromatic heterocycles. The molecule has 0 radical (unpaired) electrons. The van der Waals surface area contributed by atoms with Gasteiger partial charge in [-0.2, -0.15) is 0 Å². The van der Waals surface area contributed by atoms with Crippen molar-refractivity contribution in [1.29, 1.82) is 0 Å². The number of thiazole rings is 1. The Morgan fingerprint density at radius 3 is 3.07 bits per heavy atom.